The fourth-order valence-electron chi connectivity index (χ4n) is 2.52. The Bertz CT molecular complexity index is 1050. The lowest BCUT2D eigenvalue weighted by Crippen LogP contribution is -1.98. The summed E-state index contributed by atoms with van der Waals surface area (Å²) in [5.74, 6) is 0.899. The molecule has 4 aromatic rings. The van der Waals surface area contributed by atoms with Gasteiger partial charge in [-0.05, 0) is 30.7 Å². The van der Waals surface area contributed by atoms with Gasteiger partial charge in [0, 0.05) is 6.07 Å². The van der Waals surface area contributed by atoms with Crippen molar-refractivity contribution in [1.82, 2.24) is 19.6 Å². The molecule has 4 rings (SSSR count). The monoisotopic (exact) mass is 308 g/mol. The highest BCUT2D eigenvalue weighted by molar-refractivity contribution is 5.80. The van der Waals surface area contributed by atoms with E-state index in [0.29, 0.717) is 17.4 Å². The molecule has 0 radical (unpaired) electrons. The highest BCUT2D eigenvalue weighted by atomic mass is 16.6. The molecule has 0 saturated heterocycles. The fourth-order valence-corrected chi connectivity index (χ4v) is 2.52. The van der Waals surface area contributed by atoms with Gasteiger partial charge in [-0.3, -0.25) is 15.2 Å². The van der Waals surface area contributed by atoms with Crippen LogP contribution in [-0.4, -0.2) is 24.5 Å². The summed E-state index contributed by atoms with van der Waals surface area (Å²) in [5.41, 5.74) is 3.22. The number of hydrogen-bond donors (Lipinski definition) is 2. The van der Waals surface area contributed by atoms with Crippen molar-refractivity contribution in [2.45, 2.75) is 6.92 Å². The van der Waals surface area contributed by atoms with Crippen LogP contribution in [0.1, 0.15) is 5.56 Å². The summed E-state index contributed by atoms with van der Waals surface area (Å²) in [7, 11) is 0. The number of nitrogens with one attached hydrogen (secondary N) is 2. The first kappa shape index (κ1) is 13.3. The lowest BCUT2D eigenvalue weighted by Gasteiger charge is -2.02. The first-order valence-corrected chi connectivity index (χ1v) is 6.97. The molecule has 2 N–H and O–H groups in total. The van der Waals surface area contributed by atoms with Gasteiger partial charge in [-0.2, -0.15) is 4.98 Å². The molecule has 0 bridgehead atoms. The Morgan fingerprint density at radius 3 is 2.87 bits per heavy atom. The number of anilines is 2. The number of aromatic amines is 1. The molecule has 8 nitrogen and oxygen atoms in total. The number of hydrogen-bond acceptors (Lipinski definition) is 5. The molecule has 2 aromatic heterocycles. The maximum absolute atomic E-state index is 11.1. The van der Waals surface area contributed by atoms with Crippen molar-refractivity contribution in [1.29, 1.82) is 0 Å². The average Bonchev–Trinajstić information content (AvgIpc) is 3.04. The largest absolute Gasteiger partial charge is 0.319 e. The van der Waals surface area contributed by atoms with E-state index in [-0.39, 0.29) is 5.69 Å². The van der Waals surface area contributed by atoms with E-state index in [1.54, 1.807) is 22.7 Å². The van der Waals surface area contributed by atoms with Gasteiger partial charge in [0.05, 0.1) is 16.0 Å². The molecule has 0 amide bonds. The van der Waals surface area contributed by atoms with Crippen LogP contribution >= 0.6 is 0 Å². The number of H-pyrrole nitrogens is 1. The number of aryl methyl sites for hydroxylation is 1. The third kappa shape index (κ3) is 2.16. The molecule has 114 valence electrons. The Hall–Kier alpha value is -3.42. The summed E-state index contributed by atoms with van der Waals surface area (Å²) < 4.78 is 1.74. The molecule has 0 atom stereocenters. The van der Waals surface area contributed by atoms with Crippen LogP contribution in [0.3, 0.4) is 0 Å². The number of nitrogens with zero attached hydrogens (tertiary/aromatic N) is 4. The van der Waals surface area contributed by atoms with E-state index in [4.69, 9.17) is 0 Å². The minimum absolute atomic E-state index is 0.0120. The zero-order valence-corrected chi connectivity index (χ0v) is 12.1. The number of para-hydroxylation sites is 2. The molecule has 2 aromatic carbocycles. The Labute approximate surface area is 129 Å². The van der Waals surface area contributed by atoms with Gasteiger partial charge in [0.2, 0.25) is 5.95 Å². The van der Waals surface area contributed by atoms with Gasteiger partial charge >= 0.3 is 0 Å². The second-order valence-electron chi connectivity index (χ2n) is 5.21. The number of aromatic nitrogens is 4. The maximum atomic E-state index is 11.1. The molecule has 0 fully saturated rings. The van der Waals surface area contributed by atoms with E-state index < -0.39 is 4.92 Å². The van der Waals surface area contributed by atoms with Crippen LogP contribution in [0.4, 0.5) is 17.3 Å². The van der Waals surface area contributed by atoms with Crippen LogP contribution < -0.4 is 5.32 Å². The van der Waals surface area contributed by atoms with Gasteiger partial charge in [0.25, 0.3) is 11.5 Å². The summed E-state index contributed by atoms with van der Waals surface area (Å²) in [6.45, 7) is 2.00. The molecular weight excluding hydrogens is 296 g/mol. The number of benzene rings is 2. The molecule has 23 heavy (non-hydrogen) atoms. The summed E-state index contributed by atoms with van der Waals surface area (Å²) in [4.78, 5) is 19.4. The zero-order valence-electron chi connectivity index (χ0n) is 12.1. The van der Waals surface area contributed by atoms with Crippen molar-refractivity contribution in [3.63, 3.8) is 0 Å². The molecule has 0 aliphatic rings. The van der Waals surface area contributed by atoms with E-state index >= 15 is 0 Å². The summed E-state index contributed by atoms with van der Waals surface area (Å²) >= 11 is 0. The number of nitro benzene ring substituents is 1. The molecule has 0 aliphatic heterocycles. The minimum Gasteiger partial charge on any atom is -0.319 e. The van der Waals surface area contributed by atoms with E-state index in [1.807, 2.05) is 25.1 Å². The Morgan fingerprint density at radius 2 is 2.04 bits per heavy atom. The average molecular weight is 308 g/mol. The van der Waals surface area contributed by atoms with E-state index in [0.717, 1.165) is 16.6 Å². The third-order valence-electron chi connectivity index (χ3n) is 3.58. The van der Waals surface area contributed by atoms with Crippen molar-refractivity contribution in [3.05, 3.63) is 58.1 Å². The van der Waals surface area contributed by atoms with Crippen molar-refractivity contribution >= 4 is 34.1 Å². The number of fused-ring (bicyclic) bond motifs is 3. The van der Waals surface area contributed by atoms with Crippen LogP contribution in [0.25, 0.3) is 16.8 Å². The van der Waals surface area contributed by atoms with Gasteiger partial charge in [-0.25, -0.2) is 9.50 Å². The maximum Gasteiger partial charge on any atom is 0.292 e. The quantitative estimate of drug-likeness (QED) is 0.447. The molecule has 8 heteroatoms. The van der Waals surface area contributed by atoms with Crippen molar-refractivity contribution in [2.75, 3.05) is 5.32 Å². The first-order valence-electron chi connectivity index (χ1n) is 6.97. The number of imidazole rings is 1. The van der Waals surface area contributed by atoms with Gasteiger partial charge in [0.1, 0.15) is 5.69 Å². The van der Waals surface area contributed by atoms with Crippen LogP contribution in [0.15, 0.2) is 42.5 Å². The molecule has 0 saturated carbocycles. The van der Waals surface area contributed by atoms with Crippen LogP contribution in [0.2, 0.25) is 0 Å². The lowest BCUT2D eigenvalue weighted by atomic mass is 10.2. The van der Waals surface area contributed by atoms with E-state index in [9.17, 15) is 10.1 Å². The summed E-state index contributed by atoms with van der Waals surface area (Å²) in [5, 5.41) is 17.1. The minimum atomic E-state index is -0.436. The highest BCUT2D eigenvalue weighted by Gasteiger charge is 2.15. The van der Waals surface area contributed by atoms with Gasteiger partial charge < -0.3 is 5.32 Å². The summed E-state index contributed by atoms with van der Waals surface area (Å²) in [6, 6.07) is 12.3. The standard InChI is InChI=1S/C15H12N6O2/c1-9-6-7-12-11(8-9)17-15-18-14(19-20(12)15)16-10-4-2-3-5-13(10)21(22)23/h2-8H,1H3,(H2,16,17,18,19). The number of nitro groups is 1. The second kappa shape index (κ2) is 4.80. The summed E-state index contributed by atoms with van der Waals surface area (Å²) in [6.07, 6.45) is 0. The third-order valence-corrected chi connectivity index (χ3v) is 3.58. The van der Waals surface area contributed by atoms with Gasteiger partial charge in [0.15, 0.2) is 0 Å². The first-order chi connectivity index (χ1) is 11.1. The Morgan fingerprint density at radius 1 is 1.22 bits per heavy atom. The van der Waals surface area contributed by atoms with Crippen molar-refractivity contribution in [3.8, 4) is 0 Å². The highest BCUT2D eigenvalue weighted by Crippen LogP contribution is 2.26. The Balaban J connectivity index is 1.77. The molecule has 0 spiro atoms. The zero-order chi connectivity index (χ0) is 16.0. The van der Waals surface area contributed by atoms with Crippen molar-refractivity contribution < 1.29 is 4.92 Å². The van der Waals surface area contributed by atoms with Crippen LogP contribution in [0, 0.1) is 17.0 Å². The van der Waals surface area contributed by atoms with Crippen LogP contribution in [-0.2, 0) is 0 Å². The predicted molar refractivity (Wildman–Crippen MR) is 86.0 cm³/mol. The molecule has 2 heterocycles. The smallest absolute Gasteiger partial charge is 0.292 e. The van der Waals surface area contributed by atoms with E-state index in [1.165, 1.54) is 6.07 Å². The normalized spacial score (nSPS) is 11.2. The molecule has 0 unspecified atom stereocenters. The Kier molecular flexibility index (Phi) is 2.77. The predicted octanol–water partition coefficient (Wildman–Crippen LogP) is 3.17. The topological polar surface area (TPSA) is 101 Å². The number of rotatable bonds is 3. The van der Waals surface area contributed by atoms with E-state index in [2.05, 4.69) is 20.4 Å². The van der Waals surface area contributed by atoms with Gasteiger partial charge in [-0.15, -0.1) is 0 Å². The second-order valence-corrected chi connectivity index (χ2v) is 5.21. The van der Waals surface area contributed by atoms with Gasteiger partial charge in [-0.1, -0.05) is 18.2 Å². The lowest BCUT2D eigenvalue weighted by molar-refractivity contribution is -0.383. The van der Waals surface area contributed by atoms with Crippen molar-refractivity contribution in [2.24, 2.45) is 0 Å². The fraction of sp³-hybridized carbons (Fsp3) is 0.0667. The van der Waals surface area contributed by atoms with Crippen LogP contribution in [0.5, 0.6) is 0 Å². The molecular formula is C15H12N6O2. The SMILES string of the molecule is Cc1ccc2c(c1)nc1nc(Nc3ccccc3[N+](=O)[O-])[nH]n12. The molecule has 0 aliphatic carbocycles.